The predicted octanol–water partition coefficient (Wildman–Crippen LogP) is 26.0. The summed E-state index contributed by atoms with van der Waals surface area (Å²) in [5.41, 5.74) is 17.0. The third kappa shape index (κ3) is 40.0. The molecule has 19 rings (SSSR count). The molecule has 0 aliphatic rings. The Morgan fingerprint density at radius 2 is 0.701 bits per heavy atom. The molecule has 0 unspecified atom stereocenters. The van der Waals surface area contributed by atoms with E-state index in [-0.39, 0.29) is 155 Å². The number of aryl methyl sites for hydroxylation is 1. The quantitative estimate of drug-likeness (QED) is 0.0587. The van der Waals surface area contributed by atoms with Gasteiger partial charge in [0.2, 0.25) is 0 Å². The van der Waals surface area contributed by atoms with E-state index < -0.39 is 5.97 Å². The van der Waals surface area contributed by atoms with Crippen LogP contribution in [0.4, 0.5) is 4.39 Å². The number of hydrogen-bond donors (Lipinski definition) is 3. The van der Waals surface area contributed by atoms with Gasteiger partial charge in [-0.15, -0.1) is 252 Å². The summed E-state index contributed by atoms with van der Waals surface area (Å²) in [5, 5.41) is 28.6. The van der Waals surface area contributed by atoms with Crippen LogP contribution >= 0.6 is 11.3 Å². The summed E-state index contributed by atoms with van der Waals surface area (Å²) in [7, 11) is 0. The number of aliphatic hydroxyl groups excluding tert-OH is 2. The molecule has 134 heavy (non-hydrogen) atoms. The van der Waals surface area contributed by atoms with Crippen LogP contribution in [0.2, 0.25) is 0 Å². The van der Waals surface area contributed by atoms with Crippen LogP contribution in [0.15, 0.2) is 425 Å². The summed E-state index contributed by atoms with van der Waals surface area (Å²) in [6.45, 7) is 7.76. The largest absolute Gasteiger partial charge is 3.00 e. The number of carboxylic acid groups (broad SMARTS) is 1. The molecule has 0 fully saturated rings. The number of ketones is 2. The maximum atomic E-state index is 13.2. The van der Waals surface area contributed by atoms with Crippen LogP contribution in [-0.2, 0) is 130 Å². The number of aromatic carboxylic acids is 1. The first-order chi connectivity index (χ1) is 62.5. The van der Waals surface area contributed by atoms with Crippen molar-refractivity contribution in [2.24, 2.45) is 0 Å². The van der Waals surface area contributed by atoms with E-state index in [2.05, 4.69) is 132 Å². The van der Waals surface area contributed by atoms with Crippen molar-refractivity contribution in [2.45, 2.75) is 34.6 Å². The zero-order valence-electron chi connectivity index (χ0n) is 72.6. The van der Waals surface area contributed by atoms with Crippen molar-refractivity contribution in [1.29, 1.82) is 0 Å². The molecule has 10 heterocycles. The maximum absolute atomic E-state index is 13.2. The summed E-state index contributed by atoms with van der Waals surface area (Å²) in [6, 6.07) is 138. The van der Waals surface area contributed by atoms with Crippen molar-refractivity contribution in [1.82, 2.24) is 44.9 Å². The fourth-order valence-electron chi connectivity index (χ4n) is 11.6. The molecule has 19 aromatic rings. The van der Waals surface area contributed by atoms with Crippen LogP contribution in [0.3, 0.4) is 0 Å². The molecule has 15 nitrogen and oxygen atoms in total. The monoisotopic (exact) mass is 2850 g/mol. The van der Waals surface area contributed by atoms with Gasteiger partial charge >= 0.3 is 26.1 Å². The zero-order valence-corrected chi connectivity index (χ0v) is 87.8. The fraction of sp³-hybridized carbons (Fsp3) is 0.0450. The summed E-state index contributed by atoms with van der Waals surface area (Å²) >= 11 is 1.73. The van der Waals surface area contributed by atoms with Gasteiger partial charge in [0.05, 0.1) is 11.5 Å². The van der Waals surface area contributed by atoms with Gasteiger partial charge < -0.3 is 50.2 Å². The molecule has 0 saturated carbocycles. The summed E-state index contributed by atoms with van der Waals surface area (Å²) < 4.78 is 14.5. The zero-order chi connectivity index (χ0) is 90.1. The molecule has 3 N–H and O–H groups in total. The first-order valence-electron chi connectivity index (χ1n) is 40.2. The van der Waals surface area contributed by atoms with Crippen molar-refractivity contribution in [3.05, 3.63) is 491 Å². The van der Waals surface area contributed by atoms with Gasteiger partial charge in [-0.25, -0.2) is 21.1 Å². The molecule has 0 bridgehead atoms. The van der Waals surface area contributed by atoms with Crippen LogP contribution in [0.5, 0.6) is 0 Å². The molecular formula is C111H86FIr6N9O6S-5. The molecule has 0 aliphatic carbocycles. The number of carbonyl (C=O) groups is 3. The molecule has 0 aliphatic heterocycles. The van der Waals surface area contributed by atoms with Gasteiger partial charge in [-0.1, -0.05) is 150 Å². The third-order valence-corrected chi connectivity index (χ3v) is 18.4. The SMILES string of the molecule is CC(=O)C=C(C)O.CC(=O)C=C(C)O.Cc1ccnc(-c2[c-]cccc2)c1.Fc1ccc[c-]c1-c1ccccn1.O=C(O)c1ccccn1.[Ir+3].[Ir].[Ir].[Ir].[Ir].[Ir].[c-]1c(-c2ccccn2)sc2ccccc12.[c-]1ccccc1-c1cccc(-c2[c-]c(-c3ccccn3)ccc2)n1.[c-]1ccccc1-c1ccccn1.[c-]1ccccc1-c1ccccn1.[c-]1ccccc1-c1nccc2ccccc12. The van der Waals surface area contributed by atoms with Gasteiger partial charge in [0.1, 0.15) is 5.69 Å². The Bertz CT molecular complexity index is 6310. The van der Waals surface area contributed by atoms with Crippen LogP contribution in [0.25, 0.3) is 121 Å². The first kappa shape index (κ1) is 114. The minimum atomic E-state index is -0.990. The number of allylic oxidation sites excluding steroid dienone is 4. The Kier molecular flexibility index (Phi) is 54.4. The Hall–Kier alpha value is -12.7. The second-order valence-electron chi connectivity index (χ2n) is 27.2. The minimum absolute atomic E-state index is 0. The molecule has 5 radical (unpaired) electrons. The summed E-state index contributed by atoms with van der Waals surface area (Å²) in [5.74, 6) is -1.41. The molecule has 0 spiro atoms. The number of fused-ring (bicyclic) bond motifs is 2. The van der Waals surface area contributed by atoms with Crippen LogP contribution in [-0.4, -0.2) is 77.7 Å². The Labute approximate surface area is 866 Å². The van der Waals surface area contributed by atoms with Crippen molar-refractivity contribution >= 4 is 49.7 Å². The molecule has 683 valence electrons. The molecular weight excluding hydrogens is 2760 g/mol. The minimum Gasteiger partial charge on any atom is -0.512 e. The number of pyridine rings is 9. The number of aliphatic hydroxyl groups is 2. The van der Waals surface area contributed by atoms with Crippen molar-refractivity contribution in [3.8, 4) is 101 Å². The van der Waals surface area contributed by atoms with Gasteiger partial charge in [0.25, 0.3) is 0 Å². The van der Waals surface area contributed by atoms with E-state index >= 15 is 0 Å². The third-order valence-electron chi connectivity index (χ3n) is 17.3. The van der Waals surface area contributed by atoms with E-state index in [1.807, 2.05) is 286 Å². The maximum Gasteiger partial charge on any atom is 3.00 e. The molecule has 0 atom stereocenters. The molecule has 0 saturated heterocycles. The Balaban J connectivity index is 0.000000316. The predicted molar refractivity (Wildman–Crippen MR) is 510 cm³/mol. The number of carbonyl (C=O) groups excluding carboxylic acids is 2. The van der Waals surface area contributed by atoms with E-state index in [1.54, 1.807) is 72.5 Å². The number of thiophene rings is 1. The number of hydrogen-bond acceptors (Lipinski definition) is 15. The number of rotatable bonds is 12. The van der Waals surface area contributed by atoms with Gasteiger partial charge in [-0.3, -0.25) is 19.0 Å². The topological polar surface area (TPSA) is 228 Å². The number of aromatic nitrogens is 9. The van der Waals surface area contributed by atoms with E-state index in [9.17, 15) is 18.8 Å². The van der Waals surface area contributed by atoms with E-state index in [1.165, 1.54) is 84.6 Å². The number of benzene rings is 9. The first-order valence-corrected chi connectivity index (χ1v) is 41.0. The average molecular weight is 2850 g/mol. The van der Waals surface area contributed by atoms with Gasteiger partial charge in [-0.05, 0) is 149 Å². The molecule has 10 aromatic heterocycles. The number of halogens is 1. The standard InChI is InChI=1S/C22H14N2.C15H10N.C13H8NS.C12H10N.C11H7FN.2C11H8N.C6H5NO2.2C5H8O2.6Ir/c1-2-8-17(9-3-1)21-13-7-14-22(24-21)19-11-6-10-18(16-19)20-12-4-5-15-23-20;1-2-7-13(8-3-1)15-14-9-5-4-6-12(14)10-11-16-15;1-2-7-12-10(5-1)9-13(15-12)11-6-3-4-8-14-11;1-10-7-8-13-12(9-10)11-5-3-2-4-6-11;12-10-6-2-1-5-9(10)11-7-3-4-8-13-11;2*1-2-6-10(7-3-1)11-8-4-5-9-12-11;8-6(9)5-3-1-2-4-7-5;2*1-4(6)3-5(2)7;;;;;;/h1-8,10-15H;1-7,9-11H;1-8H;2-5,7-9H,1H3;1-4,6-8H;2*1-6,8-9H;1-4H,(H,8,9);2*3,6H,1-2H3;;;;;;/q-2;6*-1;;;;;;;;;+3. The van der Waals surface area contributed by atoms with Gasteiger partial charge in [0.15, 0.2) is 11.6 Å². The smallest absolute Gasteiger partial charge is 0.512 e. The average Bonchev–Trinajstić information content (AvgIpc) is 1.45. The summed E-state index contributed by atoms with van der Waals surface area (Å²) in [6.07, 6.45) is 16.3. The van der Waals surface area contributed by atoms with Crippen molar-refractivity contribution in [2.75, 3.05) is 0 Å². The van der Waals surface area contributed by atoms with E-state index in [0.29, 0.717) is 11.3 Å². The second kappa shape index (κ2) is 64.2. The van der Waals surface area contributed by atoms with E-state index in [0.717, 1.165) is 89.4 Å². The second-order valence-corrected chi connectivity index (χ2v) is 28.3. The van der Waals surface area contributed by atoms with Gasteiger partial charge in [0, 0.05) is 179 Å². The fourth-order valence-corrected chi connectivity index (χ4v) is 12.6. The van der Waals surface area contributed by atoms with Crippen molar-refractivity contribution in [3.63, 3.8) is 0 Å². The Morgan fingerprint density at radius 3 is 1.13 bits per heavy atom. The summed E-state index contributed by atoms with van der Waals surface area (Å²) in [4.78, 5) is 69.5. The molecule has 9 aromatic carbocycles. The van der Waals surface area contributed by atoms with Crippen molar-refractivity contribution < 1.29 is 155 Å². The number of nitrogens with zero attached hydrogens (tertiary/aromatic N) is 9. The molecule has 23 heteroatoms. The molecule has 0 amide bonds. The number of carboxylic acids is 1. The van der Waals surface area contributed by atoms with Gasteiger partial charge in [-0.2, -0.15) is 0 Å². The Morgan fingerprint density at radius 1 is 0.328 bits per heavy atom. The van der Waals surface area contributed by atoms with Crippen LogP contribution < -0.4 is 0 Å². The van der Waals surface area contributed by atoms with E-state index in [4.69, 9.17) is 20.3 Å². The normalized spacial score (nSPS) is 9.78. The van der Waals surface area contributed by atoms with Crippen LogP contribution in [0, 0.1) is 61.3 Å². The van der Waals surface area contributed by atoms with Crippen LogP contribution in [0.1, 0.15) is 43.7 Å².